The first kappa shape index (κ1) is 19.9. The van der Waals surface area contributed by atoms with Gasteiger partial charge in [-0.1, -0.05) is 18.7 Å². The molecule has 8 heteroatoms. The number of carboxylic acid groups (broad SMARTS) is 1. The zero-order chi connectivity index (χ0) is 20.0. The Balaban J connectivity index is 2.21. The van der Waals surface area contributed by atoms with Crippen LogP contribution in [0.2, 0.25) is 0 Å². The number of ether oxygens (including phenoxy) is 1. The molecule has 1 aromatic carbocycles. The number of amidine groups is 1. The van der Waals surface area contributed by atoms with Gasteiger partial charge in [0.2, 0.25) is 0 Å². The van der Waals surface area contributed by atoms with Gasteiger partial charge in [-0.2, -0.15) is 0 Å². The summed E-state index contributed by atoms with van der Waals surface area (Å²) in [7, 11) is 0. The summed E-state index contributed by atoms with van der Waals surface area (Å²) >= 11 is 1.41. The highest BCUT2D eigenvalue weighted by Crippen LogP contribution is 2.48. The van der Waals surface area contributed by atoms with E-state index in [2.05, 4.69) is 6.92 Å². The molecule has 3 atom stereocenters. The molecule has 2 aliphatic rings. The number of hydrogen-bond acceptors (Lipinski definition) is 5. The third kappa shape index (κ3) is 3.52. The van der Waals surface area contributed by atoms with Crippen molar-refractivity contribution in [3.05, 3.63) is 29.6 Å². The van der Waals surface area contributed by atoms with Crippen LogP contribution in [0.15, 0.2) is 23.2 Å². The Hall–Kier alpha value is -1.80. The number of fused-ring (bicyclic) bond motifs is 1. The Morgan fingerprint density at radius 3 is 2.81 bits per heavy atom. The molecule has 1 fully saturated rings. The zero-order valence-electron chi connectivity index (χ0n) is 16.0. The van der Waals surface area contributed by atoms with Crippen molar-refractivity contribution in [2.75, 3.05) is 24.7 Å². The van der Waals surface area contributed by atoms with E-state index in [9.17, 15) is 14.3 Å². The summed E-state index contributed by atoms with van der Waals surface area (Å²) < 4.78 is 20.6. The molecule has 3 rings (SSSR count). The van der Waals surface area contributed by atoms with Crippen LogP contribution in [-0.4, -0.2) is 45.8 Å². The smallest absolute Gasteiger partial charge is 0.413 e. The number of hydrogen-bond donors (Lipinski definition) is 2. The van der Waals surface area contributed by atoms with Crippen molar-refractivity contribution in [3.8, 4) is 0 Å². The number of halogens is 1. The van der Waals surface area contributed by atoms with Gasteiger partial charge in [0.15, 0.2) is 5.17 Å². The highest BCUT2D eigenvalue weighted by atomic mass is 32.2. The SMILES string of the molecule is CC1COCC2(c3cc(N)ccc3F)N=C(N(C(=O)O)C(C)(C)C)SCC12. The number of nitrogens with zero attached hydrogens (tertiary/aromatic N) is 2. The molecule has 1 saturated heterocycles. The predicted molar refractivity (Wildman–Crippen MR) is 105 cm³/mol. The maximum atomic E-state index is 14.9. The zero-order valence-corrected chi connectivity index (χ0v) is 16.8. The van der Waals surface area contributed by atoms with Crippen molar-refractivity contribution in [2.24, 2.45) is 16.8 Å². The summed E-state index contributed by atoms with van der Waals surface area (Å²) in [6.45, 7) is 8.26. The van der Waals surface area contributed by atoms with Gasteiger partial charge in [-0.15, -0.1) is 0 Å². The second kappa shape index (κ2) is 6.98. The number of amides is 1. The first-order valence-electron chi connectivity index (χ1n) is 8.95. The van der Waals surface area contributed by atoms with Crippen LogP contribution < -0.4 is 5.73 Å². The number of thioether (sulfide) groups is 1. The molecule has 0 aliphatic carbocycles. The Bertz CT molecular complexity index is 780. The molecule has 3 unspecified atom stereocenters. The molecular formula is C19H26FN3O3S. The minimum absolute atomic E-state index is 0.0203. The largest absolute Gasteiger partial charge is 0.465 e. The van der Waals surface area contributed by atoms with Gasteiger partial charge in [0.1, 0.15) is 11.4 Å². The molecule has 1 aromatic rings. The van der Waals surface area contributed by atoms with Crippen molar-refractivity contribution in [3.63, 3.8) is 0 Å². The number of benzene rings is 1. The minimum Gasteiger partial charge on any atom is -0.465 e. The normalized spacial score (nSPS) is 28.3. The summed E-state index contributed by atoms with van der Waals surface area (Å²) in [5.74, 6) is 0.411. The summed E-state index contributed by atoms with van der Waals surface area (Å²) in [6, 6.07) is 4.45. The quantitative estimate of drug-likeness (QED) is 0.707. The molecule has 27 heavy (non-hydrogen) atoms. The first-order valence-corrected chi connectivity index (χ1v) is 9.94. The highest BCUT2D eigenvalue weighted by molar-refractivity contribution is 8.13. The van der Waals surface area contributed by atoms with Crippen LogP contribution in [0.3, 0.4) is 0 Å². The Kier molecular flexibility index (Phi) is 5.16. The lowest BCUT2D eigenvalue weighted by atomic mass is 9.72. The number of nitrogen functional groups attached to an aromatic ring is 1. The van der Waals surface area contributed by atoms with Gasteiger partial charge in [0.05, 0.1) is 6.61 Å². The third-order valence-electron chi connectivity index (χ3n) is 5.20. The van der Waals surface area contributed by atoms with E-state index < -0.39 is 23.0 Å². The van der Waals surface area contributed by atoms with Gasteiger partial charge in [0, 0.05) is 35.1 Å². The van der Waals surface area contributed by atoms with E-state index in [0.29, 0.717) is 28.8 Å². The van der Waals surface area contributed by atoms with E-state index >= 15 is 0 Å². The van der Waals surface area contributed by atoms with E-state index in [1.165, 1.54) is 28.8 Å². The van der Waals surface area contributed by atoms with E-state index in [0.717, 1.165) is 0 Å². The van der Waals surface area contributed by atoms with E-state index in [-0.39, 0.29) is 18.4 Å². The van der Waals surface area contributed by atoms with E-state index in [1.54, 1.807) is 6.07 Å². The topological polar surface area (TPSA) is 88.2 Å². The maximum absolute atomic E-state index is 14.9. The van der Waals surface area contributed by atoms with E-state index in [1.807, 2.05) is 20.8 Å². The number of aliphatic imine (C=N–C) groups is 1. The van der Waals surface area contributed by atoms with Crippen LogP contribution in [0.1, 0.15) is 33.3 Å². The van der Waals surface area contributed by atoms with Gasteiger partial charge in [0.25, 0.3) is 0 Å². The van der Waals surface area contributed by atoms with Gasteiger partial charge >= 0.3 is 6.09 Å². The van der Waals surface area contributed by atoms with Crippen LogP contribution in [0.25, 0.3) is 0 Å². The second-order valence-corrected chi connectivity index (χ2v) is 9.24. The molecule has 0 aromatic heterocycles. The van der Waals surface area contributed by atoms with Crippen molar-refractivity contribution in [1.82, 2.24) is 4.90 Å². The molecule has 0 bridgehead atoms. The summed E-state index contributed by atoms with van der Waals surface area (Å²) in [6.07, 6.45) is -1.08. The lowest BCUT2D eigenvalue weighted by Crippen LogP contribution is -2.55. The van der Waals surface area contributed by atoms with Gasteiger partial charge in [-0.3, -0.25) is 4.90 Å². The van der Waals surface area contributed by atoms with Crippen LogP contribution in [0.4, 0.5) is 14.9 Å². The Labute approximate surface area is 163 Å². The maximum Gasteiger partial charge on any atom is 0.413 e. The van der Waals surface area contributed by atoms with Crippen molar-refractivity contribution >= 4 is 28.7 Å². The molecule has 0 saturated carbocycles. The molecule has 0 radical (unpaired) electrons. The summed E-state index contributed by atoms with van der Waals surface area (Å²) in [4.78, 5) is 18.0. The first-order chi connectivity index (χ1) is 12.6. The fraction of sp³-hybridized carbons (Fsp3) is 0.579. The lowest BCUT2D eigenvalue weighted by Gasteiger charge is -2.49. The molecule has 2 heterocycles. The standard InChI is InChI=1S/C19H26FN3O3S/c1-11-8-26-10-19(13-7-12(21)5-6-15(13)20)14(11)9-27-16(22-19)23(17(24)25)18(2,3)4/h5-7,11,14H,8-10,21H2,1-4H3,(H,24,25). The van der Waals surface area contributed by atoms with Crippen LogP contribution >= 0.6 is 11.8 Å². The second-order valence-electron chi connectivity index (χ2n) is 8.26. The number of carbonyl (C=O) groups is 1. The fourth-order valence-corrected chi connectivity index (χ4v) is 5.50. The van der Waals surface area contributed by atoms with Crippen LogP contribution in [0.5, 0.6) is 0 Å². The monoisotopic (exact) mass is 395 g/mol. The number of rotatable bonds is 1. The lowest BCUT2D eigenvalue weighted by molar-refractivity contribution is -0.0346. The van der Waals surface area contributed by atoms with Crippen molar-refractivity contribution < 1.29 is 19.0 Å². The fourth-order valence-electron chi connectivity index (χ4n) is 3.86. The molecule has 1 amide bonds. The Morgan fingerprint density at radius 2 is 2.19 bits per heavy atom. The number of anilines is 1. The summed E-state index contributed by atoms with van der Waals surface area (Å²) in [5, 5.41) is 10.1. The van der Waals surface area contributed by atoms with E-state index in [4.69, 9.17) is 15.5 Å². The predicted octanol–water partition coefficient (Wildman–Crippen LogP) is 3.77. The molecule has 3 N–H and O–H groups in total. The van der Waals surface area contributed by atoms with Gasteiger partial charge in [-0.05, 0) is 44.9 Å². The molecule has 2 aliphatic heterocycles. The average molecular weight is 396 g/mol. The Morgan fingerprint density at radius 1 is 1.48 bits per heavy atom. The summed E-state index contributed by atoms with van der Waals surface area (Å²) in [5.41, 5.74) is 5.08. The van der Waals surface area contributed by atoms with Crippen LogP contribution in [0, 0.1) is 17.7 Å². The molecule has 0 spiro atoms. The minimum atomic E-state index is -1.08. The van der Waals surface area contributed by atoms with Gasteiger partial charge < -0.3 is 15.6 Å². The molecule has 148 valence electrons. The third-order valence-corrected chi connectivity index (χ3v) is 6.26. The van der Waals surface area contributed by atoms with Crippen molar-refractivity contribution in [2.45, 2.75) is 38.8 Å². The molecule has 6 nitrogen and oxygen atoms in total. The highest BCUT2D eigenvalue weighted by Gasteiger charge is 2.51. The van der Waals surface area contributed by atoms with Crippen molar-refractivity contribution in [1.29, 1.82) is 0 Å². The molecular weight excluding hydrogens is 369 g/mol. The number of nitrogens with two attached hydrogens (primary N) is 1. The average Bonchev–Trinajstić information content (AvgIpc) is 2.55. The van der Waals surface area contributed by atoms with Gasteiger partial charge in [-0.25, -0.2) is 14.2 Å². The van der Waals surface area contributed by atoms with Crippen LogP contribution in [-0.2, 0) is 10.3 Å².